The molecule has 37 heavy (non-hydrogen) atoms. The number of ether oxygens (including phenoxy) is 2. The van der Waals surface area contributed by atoms with Crippen LogP contribution in [0.3, 0.4) is 0 Å². The molecule has 2 atom stereocenters. The Labute approximate surface area is 219 Å². The van der Waals surface area contributed by atoms with Gasteiger partial charge >= 0.3 is 0 Å². The van der Waals surface area contributed by atoms with E-state index in [-0.39, 0.29) is 17.4 Å². The van der Waals surface area contributed by atoms with E-state index >= 15 is 0 Å². The first-order valence-corrected chi connectivity index (χ1v) is 13.4. The fourth-order valence-electron chi connectivity index (χ4n) is 5.05. The normalized spacial score (nSPS) is 20.4. The molecule has 7 nitrogen and oxygen atoms in total. The number of hydrogen-bond acceptors (Lipinski definition) is 6. The number of fused-ring (bicyclic) bond motifs is 1. The first kappa shape index (κ1) is 26.7. The van der Waals surface area contributed by atoms with Crippen LogP contribution >= 0.6 is 0 Å². The maximum Gasteiger partial charge on any atom is 0.295 e. The number of likely N-dealkylation sites (N-methyl/N-ethyl adjacent to an activating group) is 1. The van der Waals surface area contributed by atoms with Crippen LogP contribution in [-0.4, -0.2) is 65.5 Å². The van der Waals surface area contributed by atoms with Crippen molar-refractivity contribution in [2.24, 2.45) is 0 Å². The molecule has 1 N–H and O–H groups in total. The van der Waals surface area contributed by atoms with Crippen molar-refractivity contribution in [1.82, 2.24) is 9.80 Å². The summed E-state index contributed by atoms with van der Waals surface area (Å²) in [5.41, 5.74) is 2.39. The lowest BCUT2D eigenvalue weighted by Crippen LogP contribution is -2.38. The highest BCUT2D eigenvalue weighted by atomic mass is 16.5. The average Bonchev–Trinajstić information content (AvgIpc) is 3.40. The van der Waals surface area contributed by atoms with Gasteiger partial charge in [0.05, 0.1) is 18.2 Å². The zero-order valence-electron chi connectivity index (χ0n) is 22.3. The van der Waals surface area contributed by atoms with Crippen molar-refractivity contribution < 1.29 is 24.2 Å². The third kappa shape index (κ3) is 5.67. The number of unbranched alkanes of at least 4 members (excludes halogenated alkanes) is 1. The number of carbonyl (C=O) groups excluding carboxylic acids is 2. The van der Waals surface area contributed by atoms with E-state index in [9.17, 15) is 14.7 Å². The molecule has 0 spiro atoms. The number of nitrogens with zero attached hydrogens (tertiary/aromatic N) is 2. The molecule has 2 heterocycles. The van der Waals surface area contributed by atoms with E-state index in [0.717, 1.165) is 55.0 Å². The maximum absolute atomic E-state index is 13.4. The van der Waals surface area contributed by atoms with Gasteiger partial charge in [0.15, 0.2) is 0 Å². The topological polar surface area (TPSA) is 79.3 Å². The Morgan fingerprint density at radius 1 is 1.11 bits per heavy atom. The molecule has 2 aromatic rings. The molecule has 0 aromatic heterocycles. The number of Topliss-reactive ketones (excluding diaryl/α,β-unsaturated/α-hetero) is 1. The number of benzene rings is 2. The van der Waals surface area contributed by atoms with Gasteiger partial charge in [0.25, 0.3) is 11.7 Å². The van der Waals surface area contributed by atoms with Gasteiger partial charge in [0.2, 0.25) is 0 Å². The van der Waals surface area contributed by atoms with Gasteiger partial charge in [-0.1, -0.05) is 39.3 Å². The van der Waals surface area contributed by atoms with Gasteiger partial charge in [0, 0.05) is 25.1 Å². The van der Waals surface area contributed by atoms with Crippen molar-refractivity contribution in [3.05, 3.63) is 64.7 Å². The molecular formula is C30H38N2O5. The van der Waals surface area contributed by atoms with E-state index < -0.39 is 17.7 Å². The van der Waals surface area contributed by atoms with Crippen LogP contribution < -0.4 is 9.47 Å². The van der Waals surface area contributed by atoms with Crippen molar-refractivity contribution in [1.29, 1.82) is 0 Å². The first-order valence-electron chi connectivity index (χ1n) is 13.4. The highest BCUT2D eigenvalue weighted by Crippen LogP contribution is 2.41. The second kappa shape index (κ2) is 11.8. The van der Waals surface area contributed by atoms with Gasteiger partial charge in [-0.2, -0.15) is 0 Å². The van der Waals surface area contributed by atoms with Crippen LogP contribution in [0, 0.1) is 0 Å². The molecule has 0 saturated carbocycles. The molecule has 4 rings (SSSR count). The summed E-state index contributed by atoms with van der Waals surface area (Å²) in [4.78, 5) is 30.4. The molecule has 198 valence electrons. The zero-order chi connectivity index (χ0) is 26.5. The predicted molar refractivity (Wildman–Crippen MR) is 144 cm³/mol. The third-order valence-corrected chi connectivity index (χ3v) is 7.22. The molecule has 1 saturated heterocycles. The van der Waals surface area contributed by atoms with Gasteiger partial charge in [-0.15, -0.1) is 0 Å². The van der Waals surface area contributed by atoms with E-state index in [2.05, 4.69) is 25.7 Å². The summed E-state index contributed by atoms with van der Waals surface area (Å²) >= 11 is 0. The summed E-state index contributed by atoms with van der Waals surface area (Å²) in [5.74, 6) is 0.138. The fourth-order valence-corrected chi connectivity index (χ4v) is 5.05. The molecule has 0 aliphatic carbocycles. The van der Waals surface area contributed by atoms with Crippen molar-refractivity contribution in [2.45, 2.75) is 59.1 Å². The minimum Gasteiger partial charge on any atom is -0.507 e. The van der Waals surface area contributed by atoms with Gasteiger partial charge in [-0.3, -0.25) is 9.59 Å². The summed E-state index contributed by atoms with van der Waals surface area (Å²) in [7, 11) is 0. The SMILES string of the molecule is CCCCOc1ccc(C2/C(=C(/O)c3ccc4c(c3)CC(C)O4)C(=O)C(=O)N2CCN(CC)CC)cc1. The summed E-state index contributed by atoms with van der Waals surface area (Å²) < 4.78 is 11.6. The van der Waals surface area contributed by atoms with E-state index in [1.165, 1.54) is 0 Å². The van der Waals surface area contributed by atoms with Crippen LogP contribution in [0.15, 0.2) is 48.0 Å². The Balaban J connectivity index is 1.72. The Bertz CT molecular complexity index is 1150. The van der Waals surface area contributed by atoms with Crippen LogP contribution in [0.4, 0.5) is 0 Å². The maximum atomic E-state index is 13.4. The third-order valence-electron chi connectivity index (χ3n) is 7.22. The van der Waals surface area contributed by atoms with Gasteiger partial charge in [-0.25, -0.2) is 0 Å². The Hall–Kier alpha value is -3.32. The standard InChI is InChI=1S/C30H38N2O5/c1-5-8-17-36-24-12-9-21(10-13-24)27-26(29(34)30(35)32(27)16-15-31(6-2)7-3)28(33)22-11-14-25-23(19-22)18-20(4)37-25/h9-14,19-20,27,33H,5-8,15-18H2,1-4H3/b28-26-. The highest BCUT2D eigenvalue weighted by molar-refractivity contribution is 6.46. The molecule has 2 aliphatic rings. The van der Waals surface area contributed by atoms with Crippen molar-refractivity contribution in [2.75, 3.05) is 32.8 Å². The van der Waals surface area contributed by atoms with Crippen molar-refractivity contribution >= 4 is 17.4 Å². The number of amides is 1. The quantitative estimate of drug-likeness (QED) is 0.201. The van der Waals surface area contributed by atoms with Crippen LogP contribution in [0.2, 0.25) is 0 Å². The molecule has 2 unspecified atom stereocenters. The van der Waals surface area contributed by atoms with Crippen molar-refractivity contribution in [3.63, 3.8) is 0 Å². The number of aliphatic hydroxyl groups is 1. The number of likely N-dealkylation sites (tertiary alicyclic amines) is 1. The molecule has 1 amide bonds. The number of rotatable bonds is 11. The second-order valence-corrected chi connectivity index (χ2v) is 9.75. The molecule has 2 aromatic carbocycles. The smallest absolute Gasteiger partial charge is 0.295 e. The van der Waals surface area contributed by atoms with Gasteiger partial charge < -0.3 is 24.4 Å². The summed E-state index contributed by atoms with van der Waals surface area (Å²) in [6, 6.07) is 12.2. The van der Waals surface area contributed by atoms with Crippen LogP contribution in [-0.2, 0) is 16.0 Å². The first-order chi connectivity index (χ1) is 17.9. The molecule has 0 radical (unpaired) electrons. The van der Waals surface area contributed by atoms with Gasteiger partial charge in [-0.05, 0) is 67.9 Å². The zero-order valence-corrected chi connectivity index (χ0v) is 22.3. The molecular weight excluding hydrogens is 468 g/mol. The number of carbonyl (C=O) groups is 2. The minimum absolute atomic E-state index is 0.0658. The highest BCUT2D eigenvalue weighted by Gasteiger charge is 2.46. The number of aliphatic hydroxyl groups excluding tert-OH is 1. The molecule has 2 aliphatic heterocycles. The minimum atomic E-state index is -0.677. The van der Waals surface area contributed by atoms with E-state index in [0.29, 0.717) is 25.3 Å². The van der Waals surface area contributed by atoms with Crippen LogP contribution in [0.1, 0.15) is 63.3 Å². The number of hydrogen-bond donors (Lipinski definition) is 1. The average molecular weight is 507 g/mol. The summed E-state index contributed by atoms with van der Waals surface area (Å²) in [6.45, 7) is 11.6. The van der Waals surface area contributed by atoms with E-state index in [1.54, 1.807) is 11.0 Å². The summed E-state index contributed by atoms with van der Waals surface area (Å²) in [6.07, 6.45) is 2.82. The van der Waals surface area contributed by atoms with Crippen LogP contribution in [0.5, 0.6) is 11.5 Å². The lowest BCUT2D eigenvalue weighted by molar-refractivity contribution is -0.140. The number of ketones is 1. The molecule has 1 fully saturated rings. The fraction of sp³-hybridized carbons (Fsp3) is 0.467. The Morgan fingerprint density at radius 2 is 1.84 bits per heavy atom. The molecule has 0 bridgehead atoms. The van der Waals surface area contributed by atoms with Crippen LogP contribution in [0.25, 0.3) is 5.76 Å². The lowest BCUT2D eigenvalue weighted by Gasteiger charge is -2.28. The van der Waals surface area contributed by atoms with Gasteiger partial charge in [0.1, 0.15) is 23.4 Å². The largest absolute Gasteiger partial charge is 0.507 e. The van der Waals surface area contributed by atoms with Crippen molar-refractivity contribution in [3.8, 4) is 11.5 Å². The van der Waals surface area contributed by atoms with E-state index in [1.807, 2.05) is 43.3 Å². The monoisotopic (exact) mass is 506 g/mol. The lowest BCUT2D eigenvalue weighted by atomic mass is 9.94. The predicted octanol–water partition coefficient (Wildman–Crippen LogP) is 4.95. The van der Waals surface area contributed by atoms with E-state index in [4.69, 9.17) is 9.47 Å². The summed E-state index contributed by atoms with van der Waals surface area (Å²) in [5, 5.41) is 11.4. The molecule has 7 heteroatoms. The Kier molecular flexibility index (Phi) is 8.54. The second-order valence-electron chi connectivity index (χ2n) is 9.75. The Morgan fingerprint density at radius 3 is 2.51 bits per heavy atom.